The van der Waals surface area contributed by atoms with E-state index >= 15 is 0 Å². The van der Waals surface area contributed by atoms with Gasteiger partial charge < -0.3 is 10.2 Å². The van der Waals surface area contributed by atoms with Crippen molar-refractivity contribution in [3.8, 4) is 0 Å². The number of rotatable bonds is 2. The standard InChI is InChI=1S/C6H7BrN2O2/c1-3(8)5(10)4-2-11-6(7)9-4/h2-3H,8H2,1H3. The monoisotopic (exact) mass is 218 g/mol. The molecule has 4 nitrogen and oxygen atoms in total. The first kappa shape index (κ1) is 8.42. The number of aromatic nitrogens is 1. The Balaban J connectivity index is 2.85. The van der Waals surface area contributed by atoms with Crippen molar-refractivity contribution in [3.63, 3.8) is 0 Å². The zero-order valence-electron chi connectivity index (χ0n) is 5.87. The number of nitrogens with zero attached hydrogens (tertiary/aromatic N) is 1. The summed E-state index contributed by atoms with van der Waals surface area (Å²) in [4.78, 5) is 15.1. The molecule has 0 amide bonds. The average Bonchev–Trinajstić information content (AvgIpc) is 2.34. The first-order valence-corrected chi connectivity index (χ1v) is 3.81. The molecule has 1 aromatic rings. The lowest BCUT2D eigenvalue weighted by atomic mass is 10.2. The van der Waals surface area contributed by atoms with E-state index in [0.29, 0.717) is 4.80 Å². The van der Waals surface area contributed by atoms with Crippen molar-refractivity contribution in [2.24, 2.45) is 5.73 Å². The highest BCUT2D eigenvalue weighted by Crippen LogP contribution is 2.09. The Labute approximate surface area is 71.9 Å². The second-order valence-electron chi connectivity index (χ2n) is 2.14. The molecular formula is C6H7BrN2O2. The summed E-state index contributed by atoms with van der Waals surface area (Å²) in [6.45, 7) is 1.60. The Morgan fingerprint density at radius 2 is 2.55 bits per heavy atom. The van der Waals surface area contributed by atoms with Crippen molar-refractivity contribution in [1.82, 2.24) is 4.98 Å². The molecule has 0 saturated carbocycles. The average molecular weight is 219 g/mol. The lowest BCUT2D eigenvalue weighted by Crippen LogP contribution is -2.26. The van der Waals surface area contributed by atoms with E-state index in [-0.39, 0.29) is 11.5 Å². The summed E-state index contributed by atoms with van der Waals surface area (Å²) in [5, 5.41) is 0. The van der Waals surface area contributed by atoms with E-state index in [1.54, 1.807) is 6.92 Å². The number of carbonyl (C=O) groups is 1. The van der Waals surface area contributed by atoms with E-state index in [1.165, 1.54) is 6.26 Å². The van der Waals surface area contributed by atoms with Crippen LogP contribution in [0.1, 0.15) is 17.4 Å². The molecule has 1 unspecified atom stereocenters. The van der Waals surface area contributed by atoms with Crippen LogP contribution < -0.4 is 5.73 Å². The highest BCUT2D eigenvalue weighted by Gasteiger charge is 2.14. The van der Waals surface area contributed by atoms with E-state index in [2.05, 4.69) is 20.9 Å². The molecule has 0 aliphatic carbocycles. The van der Waals surface area contributed by atoms with Gasteiger partial charge in [-0.05, 0) is 6.92 Å². The molecule has 0 aliphatic rings. The summed E-state index contributed by atoms with van der Waals surface area (Å²) in [7, 11) is 0. The SMILES string of the molecule is CC(N)C(=O)c1coc(Br)n1. The number of ketones is 1. The molecule has 1 aromatic heterocycles. The lowest BCUT2D eigenvalue weighted by Gasteiger charge is -1.97. The molecule has 11 heavy (non-hydrogen) atoms. The Hall–Kier alpha value is -0.680. The van der Waals surface area contributed by atoms with E-state index in [9.17, 15) is 4.79 Å². The van der Waals surface area contributed by atoms with Gasteiger partial charge in [-0.3, -0.25) is 4.79 Å². The smallest absolute Gasteiger partial charge is 0.264 e. The fourth-order valence-electron chi connectivity index (χ4n) is 0.598. The minimum atomic E-state index is -0.535. The Kier molecular flexibility index (Phi) is 2.41. The molecule has 1 heterocycles. The fraction of sp³-hybridized carbons (Fsp3) is 0.333. The summed E-state index contributed by atoms with van der Waals surface area (Å²) in [5.74, 6) is -0.223. The lowest BCUT2D eigenvalue weighted by molar-refractivity contribution is 0.0963. The highest BCUT2D eigenvalue weighted by atomic mass is 79.9. The van der Waals surface area contributed by atoms with Crippen LogP contribution >= 0.6 is 15.9 Å². The molecule has 0 aliphatic heterocycles. The van der Waals surface area contributed by atoms with Crippen LogP contribution in [-0.2, 0) is 0 Å². The largest absolute Gasteiger partial charge is 0.439 e. The van der Waals surface area contributed by atoms with Gasteiger partial charge in [0, 0.05) is 15.9 Å². The molecule has 2 N–H and O–H groups in total. The van der Waals surface area contributed by atoms with Crippen LogP contribution in [-0.4, -0.2) is 16.8 Å². The molecule has 60 valence electrons. The van der Waals surface area contributed by atoms with Gasteiger partial charge in [0.2, 0.25) is 5.78 Å². The number of hydrogen-bond donors (Lipinski definition) is 1. The predicted molar refractivity (Wildman–Crippen MR) is 42.2 cm³/mol. The number of Topliss-reactive ketones (excluding diaryl/α,β-unsaturated/α-hetero) is 1. The fourth-order valence-corrected chi connectivity index (χ4v) is 0.883. The molecule has 0 spiro atoms. The molecule has 0 bridgehead atoms. The third-order valence-corrected chi connectivity index (χ3v) is 1.51. The second-order valence-corrected chi connectivity index (χ2v) is 2.82. The first-order valence-electron chi connectivity index (χ1n) is 3.02. The van der Waals surface area contributed by atoms with Crippen molar-refractivity contribution in [2.45, 2.75) is 13.0 Å². The Morgan fingerprint density at radius 1 is 1.91 bits per heavy atom. The maximum Gasteiger partial charge on any atom is 0.264 e. The van der Waals surface area contributed by atoms with Crippen molar-refractivity contribution >= 4 is 21.7 Å². The second kappa shape index (κ2) is 3.15. The van der Waals surface area contributed by atoms with Crippen LogP contribution in [0.2, 0.25) is 0 Å². The van der Waals surface area contributed by atoms with Crippen molar-refractivity contribution < 1.29 is 9.21 Å². The number of oxazole rings is 1. The topological polar surface area (TPSA) is 69.1 Å². The zero-order chi connectivity index (χ0) is 8.43. The van der Waals surface area contributed by atoms with E-state index in [4.69, 9.17) is 10.2 Å². The van der Waals surface area contributed by atoms with Crippen LogP contribution in [0.4, 0.5) is 0 Å². The van der Waals surface area contributed by atoms with Gasteiger partial charge >= 0.3 is 0 Å². The predicted octanol–water partition coefficient (Wildman–Crippen LogP) is 0.967. The van der Waals surface area contributed by atoms with Gasteiger partial charge in [-0.25, -0.2) is 4.98 Å². The van der Waals surface area contributed by atoms with Crippen LogP contribution in [0, 0.1) is 0 Å². The maximum atomic E-state index is 11.1. The summed E-state index contributed by atoms with van der Waals surface area (Å²) >= 11 is 2.98. The first-order chi connectivity index (χ1) is 5.11. The number of carbonyl (C=O) groups excluding carboxylic acids is 1. The number of hydrogen-bond acceptors (Lipinski definition) is 4. The highest BCUT2D eigenvalue weighted by molar-refractivity contribution is 9.10. The van der Waals surface area contributed by atoms with Gasteiger partial charge in [-0.1, -0.05) is 0 Å². The molecule has 0 saturated heterocycles. The van der Waals surface area contributed by atoms with Crippen molar-refractivity contribution in [1.29, 1.82) is 0 Å². The van der Waals surface area contributed by atoms with Gasteiger partial charge in [0.25, 0.3) is 4.80 Å². The van der Waals surface area contributed by atoms with Crippen LogP contribution in [0.5, 0.6) is 0 Å². The van der Waals surface area contributed by atoms with E-state index in [0.717, 1.165) is 0 Å². The summed E-state index contributed by atoms with van der Waals surface area (Å²) in [6.07, 6.45) is 1.27. The van der Waals surface area contributed by atoms with Gasteiger partial charge in [-0.15, -0.1) is 0 Å². The summed E-state index contributed by atoms with van der Waals surface area (Å²) in [5.41, 5.74) is 5.59. The molecule has 0 radical (unpaired) electrons. The van der Waals surface area contributed by atoms with Crippen molar-refractivity contribution in [2.75, 3.05) is 0 Å². The third kappa shape index (κ3) is 1.87. The van der Waals surface area contributed by atoms with Crippen molar-refractivity contribution in [3.05, 3.63) is 16.8 Å². The molecule has 1 rings (SSSR count). The molecule has 0 aromatic carbocycles. The molecule has 5 heteroatoms. The molecule has 1 atom stereocenters. The zero-order valence-corrected chi connectivity index (χ0v) is 7.46. The Bertz CT molecular complexity index is 269. The van der Waals surface area contributed by atoms with Gasteiger partial charge in [0.1, 0.15) is 12.0 Å². The van der Waals surface area contributed by atoms with Gasteiger partial charge in [0.15, 0.2) is 0 Å². The van der Waals surface area contributed by atoms with E-state index < -0.39 is 6.04 Å². The van der Waals surface area contributed by atoms with Gasteiger partial charge in [0.05, 0.1) is 6.04 Å². The van der Waals surface area contributed by atoms with Crippen LogP contribution in [0.3, 0.4) is 0 Å². The number of halogens is 1. The summed E-state index contributed by atoms with van der Waals surface area (Å²) < 4.78 is 4.76. The third-order valence-electron chi connectivity index (χ3n) is 1.14. The quantitative estimate of drug-likeness (QED) is 0.752. The summed E-state index contributed by atoms with van der Waals surface area (Å²) in [6, 6.07) is -0.535. The molecule has 0 fully saturated rings. The van der Waals surface area contributed by atoms with Crippen LogP contribution in [0.15, 0.2) is 15.5 Å². The minimum absolute atomic E-state index is 0.223. The van der Waals surface area contributed by atoms with Crippen LogP contribution in [0.25, 0.3) is 0 Å². The van der Waals surface area contributed by atoms with E-state index in [1.807, 2.05) is 0 Å². The maximum absolute atomic E-state index is 11.1. The van der Waals surface area contributed by atoms with Gasteiger partial charge in [-0.2, -0.15) is 0 Å². The normalized spacial score (nSPS) is 13.0. The number of nitrogens with two attached hydrogens (primary N) is 1. The minimum Gasteiger partial charge on any atom is -0.439 e. The molecular weight excluding hydrogens is 212 g/mol. The Morgan fingerprint density at radius 3 is 2.91 bits per heavy atom.